The van der Waals surface area contributed by atoms with Gasteiger partial charge in [0.05, 0.1) is 10.2 Å². The summed E-state index contributed by atoms with van der Waals surface area (Å²) in [5, 5.41) is 10.9. The van der Waals surface area contributed by atoms with E-state index in [1.165, 1.54) is 16.2 Å². The van der Waals surface area contributed by atoms with Crippen molar-refractivity contribution in [3.05, 3.63) is 24.3 Å². The zero-order valence-electron chi connectivity index (χ0n) is 14.2. The van der Waals surface area contributed by atoms with Crippen molar-refractivity contribution >= 4 is 38.6 Å². The van der Waals surface area contributed by atoms with E-state index >= 15 is 0 Å². The molecule has 1 N–H and O–H groups in total. The molecule has 6 nitrogen and oxygen atoms in total. The molecule has 1 saturated carbocycles. The average molecular weight is 362 g/mol. The second-order valence-electron chi connectivity index (χ2n) is 6.27. The highest BCUT2D eigenvalue weighted by atomic mass is 32.1. The van der Waals surface area contributed by atoms with Gasteiger partial charge in [-0.05, 0) is 44.7 Å². The van der Waals surface area contributed by atoms with Crippen molar-refractivity contribution in [1.82, 2.24) is 4.98 Å². The van der Waals surface area contributed by atoms with Crippen molar-refractivity contribution in [3.8, 4) is 0 Å². The molecule has 0 radical (unpaired) electrons. The standard InChI is InChI=1S/C18H22N2O4S/c1-2-20(17-19-13-8-4-5-9-14(13)25-17)15(21)12-24-16(22)18(23)10-6-3-7-11-18/h4-5,8-9,23H,2-3,6-7,10-12H2,1H3. The van der Waals surface area contributed by atoms with Crippen LogP contribution in [0.5, 0.6) is 0 Å². The van der Waals surface area contributed by atoms with E-state index in [9.17, 15) is 14.7 Å². The van der Waals surface area contributed by atoms with E-state index in [-0.39, 0.29) is 12.5 Å². The van der Waals surface area contributed by atoms with Gasteiger partial charge in [-0.25, -0.2) is 9.78 Å². The van der Waals surface area contributed by atoms with Crippen LogP contribution in [0.3, 0.4) is 0 Å². The molecule has 0 saturated heterocycles. The minimum Gasteiger partial charge on any atom is -0.453 e. The fourth-order valence-corrected chi connectivity index (χ4v) is 4.12. The summed E-state index contributed by atoms with van der Waals surface area (Å²) in [5.74, 6) is -1.03. The lowest BCUT2D eigenvalue weighted by Gasteiger charge is -2.29. The second-order valence-corrected chi connectivity index (χ2v) is 7.28. The van der Waals surface area contributed by atoms with Gasteiger partial charge in [0.1, 0.15) is 0 Å². The Balaban J connectivity index is 1.65. The Kier molecular flexibility index (Phi) is 5.34. The van der Waals surface area contributed by atoms with Gasteiger partial charge in [-0.15, -0.1) is 0 Å². The van der Waals surface area contributed by atoms with Gasteiger partial charge in [-0.2, -0.15) is 0 Å². The maximum atomic E-state index is 12.5. The van der Waals surface area contributed by atoms with Crippen LogP contribution in [0.15, 0.2) is 24.3 Å². The normalized spacial score (nSPS) is 16.6. The first-order valence-electron chi connectivity index (χ1n) is 8.59. The zero-order chi connectivity index (χ0) is 17.9. The molecule has 1 aliphatic rings. The number of nitrogens with zero attached hydrogens (tertiary/aromatic N) is 2. The van der Waals surface area contributed by atoms with E-state index in [0.29, 0.717) is 24.5 Å². The molecule has 1 fully saturated rings. The molecule has 7 heteroatoms. The highest BCUT2D eigenvalue weighted by molar-refractivity contribution is 7.22. The summed E-state index contributed by atoms with van der Waals surface area (Å²) in [6.45, 7) is 1.89. The largest absolute Gasteiger partial charge is 0.453 e. The van der Waals surface area contributed by atoms with Crippen molar-refractivity contribution in [2.45, 2.75) is 44.6 Å². The van der Waals surface area contributed by atoms with Gasteiger partial charge in [-0.1, -0.05) is 29.9 Å². The smallest absolute Gasteiger partial charge is 0.338 e. The number of carbonyl (C=O) groups is 2. The maximum Gasteiger partial charge on any atom is 0.338 e. The minimum atomic E-state index is -1.44. The van der Waals surface area contributed by atoms with Crippen LogP contribution in [0.2, 0.25) is 0 Å². The number of para-hydroxylation sites is 1. The summed E-state index contributed by atoms with van der Waals surface area (Å²) in [6, 6.07) is 7.67. The number of benzene rings is 1. The fourth-order valence-electron chi connectivity index (χ4n) is 3.07. The Labute approximate surface area is 150 Å². The third-order valence-corrected chi connectivity index (χ3v) is 5.58. The number of anilines is 1. The molecule has 1 aromatic carbocycles. The predicted molar refractivity (Wildman–Crippen MR) is 96.6 cm³/mol. The van der Waals surface area contributed by atoms with Gasteiger partial charge in [0.25, 0.3) is 5.91 Å². The van der Waals surface area contributed by atoms with Crippen LogP contribution < -0.4 is 4.90 Å². The monoisotopic (exact) mass is 362 g/mol. The maximum absolute atomic E-state index is 12.5. The van der Waals surface area contributed by atoms with Gasteiger partial charge >= 0.3 is 5.97 Å². The fraction of sp³-hybridized carbons (Fsp3) is 0.500. The zero-order valence-corrected chi connectivity index (χ0v) is 15.1. The summed E-state index contributed by atoms with van der Waals surface area (Å²) >= 11 is 1.42. The third kappa shape index (κ3) is 3.82. The van der Waals surface area contributed by atoms with Gasteiger partial charge in [-0.3, -0.25) is 9.69 Å². The molecule has 1 aromatic heterocycles. The highest BCUT2D eigenvalue weighted by Gasteiger charge is 2.39. The van der Waals surface area contributed by atoms with Gasteiger partial charge < -0.3 is 9.84 Å². The average Bonchev–Trinajstić information content (AvgIpc) is 3.04. The minimum absolute atomic E-state index is 0.339. The number of hydrogen-bond donors (Lipinski definition) is 1. The molecule has 134 valence electrons. The molecule has 3 rings (SSSR count). The molecule has 0 unspecified atom stereocenters. The van der Waals surface area contributed by atoms with Gasteiger partial charge in [0, 0.05) is 6.54 Å². The molecule has 2 aromatic rings. The highest BCUT2D eigenvalue weighted by Crippen LogP contribution is 2.30. The van der Waals surface area contributed by atoms with E-state index in [1.807, 2.05) is 31.2 Å². The second kappa shape index (κ2) is 7.49. The first-order valence-corrected chi connectivity index (χ1v) is 9.41. The van der Waals surface area contributed by atoms with Crippen LogP contribution >= 0.6 is 11.3 Å². The number of likely N-dealkylation sites (N-methyl/N-ethyl adjacent to an activating group) is 1. The van der Waals surface area contributed by atoms with Crippen molar-refractivity contribution in [2.24, 2.45) is 0 Å². The molecule has 0 spiro atoms. The first kappa shape index (κ1) is 17.8. The van der Waals surface area contributed by atoms with E-state index in [0.717, 1.165) is 29.5 Å². The molecule has 1 aliphatic carbocycles. The number of esters is 1. The van der Waals surface area contributed by atoms with Crippen molar-refractivity contribution in [3.63, 3.8) is 0 Å². The van der Waals surface area contributed by atoms with E-state index < -0.39 is 11.6 Å². The number of ether oxygens (including phenoxy) is 1. The number of amides is 1. The number of thiazole rings is 1. The van der Waals surface area contributed by atoms with Gasteiger partial charge in [0.15, 0.2) is 17.3 Å². The number of aromatic nitrogens is 1. The molecular weight excluding hydrogens is 340 g/mol. The van der Waals surface area contributed by atoms with Crippen LogP contribution in [-0.4, -0.2) is 40.7 Å². The van der Waals surface area contributed by atoms with Crippen LogP contribution in [-0.2, 0) is 14.3 Å². The third-order valence-electron chi connectivity index (χ3n) is 4.52. The Morgan fingerprint density at radius 2 is 2.00 bits per heavy atom. The first-order chi connectivity index (χ1) is 12.0. The van der Waals surface area contributed by atoms with E-state index in [4.69, 9.17) is 4.74 Å². The predicted octanol–water partition coefficient (Wildman–Crippen LogP) is 2.89. The Hall–Kier alpha value is -1.99. The van der Waals surface area contributed by atoms with Crippen molar-refractivity contribution in [1.29, 1.82) is 0 Å². The summed E-state index contributed by atoms with van der Waals surface area (Å²) in [6.07, 6.45) is 3.40. The summed E-state index contributed by atoms with van der Waals surface area (Å²) in [7, 11) is 0. The molecule has 25 heavy (non-hydrogen) atoms. The molecule has 0 atom stereocenters. The van der Waals surface area contributed by atoms with Gasteiger partial charge in [0.2, 0.25) is 0 Å². The quantitative estimate of drug-likeness (QED) is 0.828. The lowest BCUT2D eigenvalue weighted by atomic mass is 9.85. The summed E-state index contributed by atoms with van der Waals surface area (Å²) in [5.41, 5.74) is -0.604. The van der Waals surface area contributed by atoms with Crippen LogP contribution in [0.4, 0.5) is 5.13 Å². The molecule has 0 bridgehead atoms. The topological polar surface area (TPSA) is 79.7 Å². The van der Waals surface area contributed by atoms with Crippen LogP contribution in [0.1, 0.15) is 39.0 Å². The van der Waals surface area contributed by atoms with E-state index in [1.54, 1.807) is 0 Å². The van der Waals surface area contributed by atoms with E-state index in [2.05, 4.69) is 4.98 Å². The number of rotatable bonds is 5. The lowest BCUT2D eigenvalue weighted by Crippen LogP contribution is -2.44. The van der Waals surface area contributed by atoms with Crippen molar-refractivity contribution in [2.75, 3.05) is 18.1 Å². The van der Waals surface area contributed by atoms with Crippen molar-refractivity contribution < 1.29 is 19.4 Å². The Morgan fingerprint density at radius 1 is 1.28 bits per heavy atom. The van der Waals surface area contributed by atoms with Crippen LogP contribution in [0, 0.1) is 0 Å². The molecule has 1 heterocycles. The number of hydrogen-bond acceptors (Lipinski definition) is 6. The molecular formula is C18H22N2O4S. The number of aliphatic hydroxyl groups is 1. The Bertz CT molecular complexity index is 734. The summed E-state index contributed by atoms with van der Waals surface area (Å²) in [4.78, 5) is 30.6. The summed E-state index contributed by atoms with van der Waals surface area (Å²) < 4.78 is 6.12. The molecule has 1 amide bonds. The van der Waals surface area contributed by atoms with Crippen LogP contribution in [0.25, 0.3) is 10.2 Å². The number of fused-ring (bicyclic) bond motifs is 1. The molecule has 0 aliphatic heterocycles. The number of carbonyl (C=O) groups excluding carboxylic acids is 2. The lowest BCUT2D eigenvalue weighted by molar-refractivity contribution is -0.170. The SMILES string of the molecule is CCN(C(=O)COC(=O)C1(O)CCCCC1)c1nc2ccccc2s1. The Morgan fingerprint density at radius 3 is 2.68 bits per heavy atom.